The van der Waals surface area contributed by atoms with Gasteiger partial charge >= 0.3 is 6.09 Å². The number of fused-ring (bicyclic) bond motifs is 3. The number of rotatable bonds is 1. The highest BCUT2D eigenvalue weighted by Crippen LogP contribution is 2.58. The van der Waals surface area contributed by atoms with Crippen molar-refractivity contribution in [1.82, 2.24) is 9.80 Å². The van der Waals surface area contributed by atoms with Gasteiger partial charge in [-0.3, -0.25) is 9.69 Å². The number of hydrogen-bond acceptors (Lipinski definition) is 3. The minimum Gasteiger partial charge on any atom is -0.465 e. The number of amides is 2. The van der Waals surface area contributed by atoms with Gasteiger partial charge in [-0.05, 0) is 43.9 Å². The van der Waals surface area contributed by atoms with Gasteiger partial charge in [0.2, 0.25) is 5.91 Å². The Labute approximate surface area is 143 Å². The van der Waals surface area contributed by atoms with Gasteiger partial charge in [-0.1, -0.05) is 20.8 Å². The van der Waals surface area contributed by atoms with Gasteiger partial charge in [-0.2, -0.15) is 5.26 Å². The van der Waals surface area contributed by atoms with Crippen LogP contribution in [0.2, 0.25) is 0 Å². The van der Waals surface area contributed by atoms with E-state index in [1.807, 2.05) is 0 Å². The lowest BCUT2D eigenvalue weighted by atomic mass is 9.51. The molecule has 3 heterocycles. The molecule has 2 amide bonds. The second-order valence-electron chi connectivity index (χ2n) is 8.55. The third kappa shape index (κ3) is 2.28. The van der Waals surface area contributed by atoms with Gasteiger partial charge < -0.3 is 10.0 Å². The first-order valence-corrected chi connectivity index (χ1v) is 8.94. The van der Waals surface area contributed by atoms with E-state index in [0.29, 0.717) is 13.0 Å². The Morgan fingerprint density at radius 3 is 2.33 bits per heavy atom. The number of carboxylic acid groups (broad SMARTS) is 1. The van der Waals surface area contributed by atoms with Crippen LogP contribution >= 0.6 is 0 Å². The Morgan fingerprint density at radius 2 is 1.83 bits per heavy atom. The highest BCUT2D eigenvalue weighted by molar-refractivity contribution is 5.88. The predicted octanol–water partition coefficient (Wildman–Crippen LogP) is 2.84. The molecule has 0 spiro atoms. The van der Waals surface area contributed by atoms with Crippen molar-refractivity contribution < 1.29 is 14.7 Å². The molecule has 6 heteroatoms. The zero-order valence-corrected chi connectivity index (χ0v) is 14.8. The second-order valence-corrected chi connectivity index (χ2v) is 8.55. The molecular weight excluding hydrogens is 306 g/mol. The summed E-state index contributed by atoms with van der Waals surface area (Å²) >= 11 is 0. The summed E-state index contributed by atoms with van der Waals surface area (Å²) in [6, 6.07) is 1.08. The largest absolute Gasteiger partial charge is 0.465 e. The van der Waals surface area contributed by atoms with Crippen molar-refractivity contribution in [3.05, 3.63) is 0 Å². The lowest BCUT2D eigenvalue weighted by Gasteiger charge is -2.62. The minimum absolute atomic E-state index is 0.0659. The number of hydrogen-bond donors (Lipinski definition) is 1. The molecule has 3 aliphatic heterocycles. The van der Waals surface area contributed by atoms with Crippen molar-refractivity contribution in [3.63, 3.8) is 0 Å². The van der Waals surface area contributed by atoms with Gasteiger partial charge in [0.15, 0.2) is 0 Å². The van der Waals surface area contributed by atoms with Gasteiger partial charge in [0, 0.05) is 18.0 Å². The molecule has 24 heavy (non-hydrogen) atoms. The first-order chi connectivity index (χ1) is 11.2. The summed E-state index contributed by atoms with van der Waals surface area (Å²) in [6.07, 6.45) is 3.92. The predicted molar refractivity (Wildman–Crippen MR) is 88.1 cm³/mol. The number of carbonyl (C=O) groups is 2. The first kappa shape index (κ1) is 17.1. The Kier molecular flexibility index (Phi) is 4.01. The normalized spacial score (nSPS) is 35.8. The van der Waals surface area contributed by atoms with Crippen LogP contribution in [0.5, 0.6) is 0 Å². The molecule has 2 bridgehead atoms. The molecule has 0 radical (unpaired) electrons. The molecule has 4 rings (SSSR count). The van der Waals surface area contributed by atoms with Gasteiger partial charge in [-0.25, -0.2) is 4.79 Å². The molecule has 2 atom stereocenters. The van der Waals surface area contributed by atoms with E-state index in [1.165, 1.54) is 4.90 Å². The summed E-state index contributed by atoms with van der Waals surface area (Å²) in [7, 11) is 0. The Morgan fingerprint density at radius 1 is 1.21 bits per heavy atom. The molecule has 4 fully saturated rings. The maximum absolute atomic E-state index is 13.4. The average Bonchev–Trinajstić information content (AvgIpc) is 3.01. The van der Waals surface area contributed by atoms with Gasteiger partial charge in [0.25, 0.3) is 0 Å². The maximum atomic E-state index is 13.4. The summed E-state index contributed by atoms with van der Waals surface area (Å²) < 4.78 is 0. The molecule has 132 valence electrons. The third-order valence-corrected chi connectivity index (χ3v) is 6.68. The van der Waals surface area contributed by atoms with Crippen LogP contribution < -0.4 is 0 Å². The summed E-state index contributed by atoms with van der Waals surface area (Å²) in [5.74, 6) is -0.152. The van der Waals surface area contributed by atoms with Crippen LogP contribution in [-0.2, 0) is 4.79 Å². The standard InChI is InChI=1S/C18H27N3O3/c1-17(2,3)18-8-6-12(7-9-18)21(16(23)24)14(18)15(22)20-10-4-5-13(20)11-19/h12-14H,4-10H2,1-3H3,(H,23,24)/t12?,13-,14?,18?/m0/s1. The summed E-state index contributed by atoms with van der Waals surface area (Å²) in [4.78, 5) is 28.4. The SMILES string of the molecule is CC(C)(C)C12CCC(CC1)N(C(=O)O)C2C(=O)N1CCC[C@H]1C#N. The Bertz CT molecular complexity index is 581. The third-order valence-electron chi connectivity index (χ3n) is 6.68. The van der Waals surface area contributed by atoms with Crippen LogP contribution in [0.25, 0.3) is 0 Å². The summed E-state index contributed by atoms with van der Waals surface area (Å²) in [6.45, 7) is 6.91. The smallest absolute Gasteiger partial charge is 0.408 e. The molecule has 4 aliphatic rings. The highest BCUT2D eigenvalue weighted by Gasteiger charge is 2.62. The molecule has 1 aliphatic carbocycles. The average molecular weight is 333 g/mol. The fourth-order valence-electron chi connectivity index (χ4n) is 5.25. The topological polar surface area (TPSA) is 84.6 Å². The van der Waals surface area contributed by atoms with Crippen LogP contribution in [0.1, 0.15) is 59.3 Å². The number of nitriles is 1. The molecule has 1 N–H and O–H groups in total. The van der Waals surface area contributed by atoms with E-state index >= 15 is 0 Å². The highest BCUT2D eigenvalue weighted by atomic mass is 16.4. The van der Waals surface area contributed by atoms with E-state index in [9.17, 15) is 20.0 Å². The number of likely N-dealkylation sites (tertiary alicyclic amines) is 1. The van der Waals surface area contributed by atoms with Crippen LogP contribution in [0.4, 0.5) is 4.79 Å². The lowest BCUT2D eigenvalue weighted by Crippen LogP contribution is -2.70. The Balaban J connectivity index is 2.04. The van der Waals surface area contributed by atoms with Crippen molar-refractivity contribution in [2.75, 3.05) is 6.54 Å². The molecule has 1 saturated carbocycles. The zero-order chi connectivity index (χ0) is 17.7. The Hall–Kier alpha value is -1.77. The lowest BCUT2D eigenvalue weighted by molar-refractivity contribution is -0.166. The van der Waals surface area contributed by atoms with E-state index in [0.717, 1.165) is 32.1 Å². The van der Waals surface area contributed by atoms with Crippen LogP contribution in [0.15, 0.2) is 0 Å². The van der Waals surface area contributed by atoms with E-state index in [1.54, 1.807) is 4.90 Å². The molecule has 3 saturated heterocycles. The fraction of sp³-hybridized carbons (Fsp3) is 0.833. The van der Waals surface area contributed by atoms with E-state index in [4.69, 9.17) is 0 Å². The number of carbonyl (C=O) groups excluding carboxylic acids is 1. The van der Waals surface area contributed by atoms with Crippen molar-refractivity contribution in [2.45, 2.75) is 77.4 Å². The van der Waals surface area contributed by atoms with Gasteiger partial charge in [0.05, 0.1) is 6.07 Å². The van der Waals surface area contributed by atoms with Crippen LogP contribution in [0, 0.1) is 22.2 Å². The molecule has 0 aromatic heterocycles. The molecule has 0 aromatic rings. The summed E-state index contributed by atoms with van der Waals surface area (Å²) in [5, 5.41) is 19.2. The molecule has 0 aromatic carbocycles. The minimum atomic E-state index is -1.00. The second kappa shape index (κ2) is 5.65. The number of piperidine rings is 2. The number of nitrogens with zero attached hydrogens (tertiary/aromatic N) is 3. The molecule has 6 nitrogen and oxygen atoms in total. The van der Waals surface area contributed by atoms with Crippen molar-refractivity contribution in [2.24, 2.45) is 10.8 Å². The van der Waals surface area contributed by atoms with E-state index in [-0.39, 0.29) is 22.8 Å². The van der Waals surface area contributed by atoms with Gasteiger partial charge in [-0.15, -0.1) is 0 Å². The maximum Gasteiger partial charge on any atom is 0.408 e. The van der Waals surface area contributed by atoms with E-state index in [2.05, 4.69) is 26.8 Å². The van der Waals surface area contributed by atoms with Crippen molar-refractivity contribution in [3.8, 4) is 6.07 Å². The van der Waals surface area contributed by atoms with Crippen LogP contribution in [-0.4, -0.2) is 51.6 Å². The monoisotopic (exact) mass is 333 g/mol. The molecular formula is C18H27N3O3. The molecule has 1 unspecified atom stereocenters. The summed E-state index contributed by atoms with van der Waals surface area (Å²) in [5.41, 5.74) is -0.520. The fourth-order valence-corrected chi connectivity index (χ4v) is 5.25. The van der Waals surface area contributed by atoms with Crippen molar-refractivity contribution >= 4 is 12.0 Å². The zero-order valence-electron chi connectivity index (χ0n) is 14.8. The van der Waals surface area contributed by atoms with E-state index < -0.39 is 18.2 Å². The van der Waals surface area contributed by atoms with Crippen molar-refractivity contribution in [1.29, 1.82) is 5.26 Å². The van der Waals surface area contributed by atoms with Crippen LogP contribution in [0.3, 0.4) is 0 Å². The quantitative estimate of drug-likeness (QED) is 0.799. The van der Waals surface area contributed by atoms with Gasteiger partial charge in [0.1, 0.15) is 12.1 Å². The first-order valence-electron chi connectivity index (χ1n) is 8.94.